The number of aromatic nitrogens is 2. The third kappa shape index (κ3) is 0.836. The molecule has 0 atom stereocenters. The SMILES string of the molecule is Oc1cccc2c1ccc1[nH]cnc12. The van der Waals surface area contributed by atoms with E-state index in [1.54, 1.807) is 12.4 Å². The van der Waals surface area contributed by atoms with Crippen LogP contribution >= 0.6 is 0 Å². The molecule has 0 aliphatic heterocycles. The van der Waals surface area contributed by atoms with Gasteiger partial charge in [0.1, 0.15) is 5.75 Å². The Morgan fingerprint density at radius 2 is 2.00 bits per heavy atom. The molecule has 0 fully saturated rings. The average molecular weight is 184 g/mol. The van der Waals surface area contributed by atoms with E-state index >= 15 is 0 Å². The summed E-state index contributed by atoms with van der Waals surface area (Å²) in [7, 11) is 0. The molecule has 1 aromatic heterocycles. The fourth-order valence-electron chi connectivity index (χ4n) is 1.75. The fraction of sp³-hybridized carbons (Fsp3) is 0. The van der Waals surface area contributed by atoms with E-state index < -0.39 is 0 Å². The number of nitrogens with zero attached hydrogens (tertiary/aromatic N) is 1. The maximum atomic E-state index is 9.63. The quantitative estimate of drug-likeness (QED) is 0.563. The zero-order valence-corrected chi connectivity index (χ0v) is 7.36. The van der Waals surface area contributed by atoms with Crippen LogP contribution in [0.4, 0.5) is 0 Å². The highest BCUT2D eigenvalue weighted by molar-refractivity contribution is 6.06. The van der Waals surface area contributed by atoms with E-state index in [2.05, 4.69) is 9.97 Å². The summed E-state index contributed by atoms with van der Waals surface area (Å²) in [6.07, 6.45) is 1.66. The van der Waals surface area contributed by atoms with Crippen molar-refractivity contribution in [2.45, 2.75) is 0 Å². The number of nitrogens with one attached hydrogen (secondary N) is 1. The van der Waals surface area contributed by atoms with Crippen molar-refractivity contribution < 1.29 is 5.11 Å². The highest BCUT2D eigenvalue weighted by Gasteiger charge is 2.04. The first-order chi connectivity index (χ1) is 6.86. The molecule has 0 saturated carbocycles. The molecule has 2 aromatic carbocycles. The van der Waals surface area contributed by atoms with Crippen LogP contribution < -0.4 is 0 Å². The van der Waals surface area contributed by atoms with Gasteiger partial charge in [0, 0.05) is 10.8 Å². The van der Waals surface area contributed by atoms with E-state index in [0.29, 0.717) is 5.75 Å². The Hall–Kier alpha value is -2.03. The number of phenolic OH excluding ortho intramolecular Hbond substituents is 1. The molecule has 68 valence electrons. The number of benzene rings is 2. The zero-order valence-electron chi connectivity index (χ0n) is 7.36. The van der Waals surface area contributed by atoms with Gasteiger partial charge in [-0.1, -0.05) is 12.1 Å². The van der Waals surface area contributed by atoms with Gasteiger partial charge in [0.2, 0.25) is 0 Å². The van der Waals surface area contributed by atoms with E-state index in [1.807, 2.05) is 24.3 Å². The molecule has 3 heteroatoms. The number of hydrogen-bond acceptors (Lipinski definition) is 2. The van der Waals surface area contributed by atoms with Crippen molar-refractivity contribution in [1.29, 1.82) is 0 Å². The number of aromatic hydroxyl groups is 1. The third-order valence-electron chi connectivity index (χ3n) is 2.42. The number of fused-ring (bicyclic) bond motifs is 3. The monoisotopic (exact) mass is 184 g/mol. The van der Waals surface area contributed by atoms with E-state index in [4.69, 9.17) is 0 Å². The summed E-state index contributed by atoms with van der Waals surface area (Å²) < 4.78 is 0. The summed E-state index contributed by atoms with van der Waals surface area (Å²) in [5.74, 6) is 0.299. The third-order valence-corrected chi connectivity index (χ3v) is 2.42. The van der Waals surface area contributed by atoms with Gasteiger partial charge in [-0.2, -0.15) is 0 Å². The minimum absolute atomic E-state index is 0.299. The lowest BCUT2D eigenvalue weighted by Crippen LogP contribution is -1.76. The predicted octanol–water partition coefficient (Wildman–Crippen LogP) is 2.42. The van der Waals surface area contributed by atoms with Crippen LogP contribution in [0.25, 0.3) is 21.8 Å². The molecular formula is C11H8N2O. The topological polar surface area (TPSA) is 48.9 Å². The van der Waals surface area contributed by atoms with Crippen molar-refractivity contribution in [3.63, 3.8) is 0 Å². The first-order valence-corrected chi connectivity index (χ1v) is 4.40. The van der Waals surface area contributed by atoms with Gasteiger partial charge in [0.25, 0.3) is 0 Å². The molecule has 14 heavy (non-hydrogen) atoms. The van der Waals surface area contributed by atoms with E-state index in [9.17, 15) is 5.11 Å². The van der Waals surface area contributed by atoms with Crippen LogP contribution in [0.5, 0.6) is 5.75 Å². The van der Waals surface area contributed by atoms with Gasteiger partial charge in [0.15, 0.2) is 0 Å². The van der Waals surface area contributed by atoms with Crippen LogP contribution in [-0.4, -0.2) is 15.1 Å². The molecule has 3 rings (SSSR count). The molecule has 3 nitrogen and oxygen atoms in total. The molecule has 0 spiro atoms. The number of phenols is 1. The Morgan fingerprint density at radius 3 is 2.93 bits per heavy atom. The Morgan fingerprint density at radius 1 is 1.07 bits per heavy atom. The second-order valence-corrected chi connectivity index (χ2v) is 3.24. The molecule has 0 unspecified atom stereocenters. The molecule has 1 heterocycles. The second-order valence-electron chi connectivity index (χ2n) is 3.24. The normalized spacial score (nSPS) is 11.1. The summed E-state index contributed by atoms with van der Waals surface area (Å²) in [5, 5.41) is 11.4. The summed E-state index contributed by atoms with van der Waals surface area (Å²) in [4.78, 5) is 7.26. The van der Waals surface area contributed by atoms with Crippen molar-refractivity contribution in [2.24, 2.45) is 0 Å². The smallest absolute Gasteiger partial charge is 0.123 e. The van der Waals surface area contributed by atoms with Gasteiger partial charge in [-0.3, -0.25) is 0 Å². The van der Waals surface area contributed by atoms with Crippen LogP contribution in [0.2, 0.25) is 0 Å². The minimum Gasteiger partial charge on any atom is -0.507 e. The lowest BCUT2D eigenvalue weighted by molar-refractivity contribution is 0.481. The molecule has 3 aromatic rings. The van der Waals surface area contributed by atoms with Crippen molar-refractivity contribution in [1.82, 2.24) is 9.97 Å². The standard InChI is InChI=1S/C11H8N2O/c14-10-3-1-2-8-7(10)4-5-9-11(8)13-6-12-9/h1-6,14H,(H,12,13). The zero-order chi connectivity index (χ0) is 9.54. The van der Waals surface area contributed by atoms with Gasteiger partial charge in [-0.05, 0) is 18.2 Å². The van der Waals surface area contributed by atoms with Crippen molar-refractivity contribution in [2.75, 3.05) is 0 Å². The summed E-state index contributed by atoms with van der Waals surface area (Å²) in [6.45, 7) is 0. The van der Waals surface area contributed by atoms with Gasteiger partial charge < -0.3 is 10.1 Å². The number of H-pyrrole nitrogens is 1. The Bertz CT molecular complexity index is 613. The summed E-state index contributed by atoms with van der Waals surface area (Å²) in [5.41, 5.74) is 1.89. The van der Waals surface area contributed by atoms with Crippen LogP contribution in [0.15, 0.2) is 36.7 Å². The minimum atomic E-state index is 0.299. The number of aromatic amines is 1. The van der Waals surface area contributed by atoms with Crippen LogP contribution in [0, 0.1) is 0 Å². The first kappa shape index (κ1) is 7.38. The molecule has 0 amide bonds. The fourth-order valence-corrected chi connectivity index (χ4v) is 1.75. The lowest BCUT2D eigenvalue weighted by atomic mass is 10.1. The van der Waals surface area contributed by atoms with Crippen LogP contribution in [-0.2, 0) is 0 Å². The van der Waals surface area contributed by atoms with E-state index in [0.717, 1.165) is 21.8 Å². The number of rotatable bonds is 0. The maximum absolute atomic E-state index is 9.63. The number of hydrogen-bond donors (Lipinski definition) is 2. The highest BCUT2D eigenvalue weighted by Crippen LogP contribution is 2.28. The highest BCUT2D eigenvalue weighted by atomic mass is 16.3. The predicted molar refractivity (Wildman–Crippen MR) is 55.3 cm³/mol. The lowest BCUT2D eigenvalue weighted by Gasteiger charge is -2.00. The van der Waals surface area contributed by atoms with E-state index in [-0.39, 0.29) is 0 Å². The van der Waals surface area contributed by atoms with Gasteiger partial charge in [0.05, 0.1) is 17.4 Å². The van der Waals surface area contributed by atoms with Gasteiger partial charge in [-0.25, -0.2) is 4.98 Å². The summed E-state index contributed by atoms with van der Waals surface area (Å²) >= 11 is 0. The van der Waals surface area contributed by atoms with Crippen molar-refractivity contribution in [3.8, 4) is 5.75 Å². The number of imidazole rings is 1. The molecule has 0 radical (unpaired) electrons. The molecule has 2 N–H and O–H groups in total. The van der Waals surface area contributed by atoms with E-state index in [1.165, 1.54) is 0 Å². The second kappa shape index (κ2) is 2.48. The average Bonchev–Trinajstić information content (AvgIpc) is 2.66. The Balaban J connectivity index is 2.64. The van der Waals surface area contributed by atoms with Crippen molar-refractivity contribution >= 4 is 21.8 Å². The molecule has 0 aliphatic carbocycles. The maximum Gasteiger partial charge on any atom is 0.123 e. The molecule has 0 saturated heterocycles. The summed E-state index contributed by atoms with van der Waals surface area (Å²) in [6, 6.07) is 9.28. The van der Waals surface area contributed by atoms with Gasteiger partial charge in [-0.15, -0.1) is 0 Å². The Labute approximate surface area is 80.0 Å². The molecule has 0 aliphatic rings. The van der Waals surface area contributed by atoms with Gasteiger partial charge >= 0.3 is 0 Å². The Kier molecular flexibility index (Phi) is 1.31. The molecular weight excluding hydrogens is 176 g/mol. The van der Waals surface area contributed by atoms with Crippen molar-refractivity contribution in [3.05, 3.63) is 36.7 Å². The molecule has 0 bridgehead atoms. The van der Waals surface area contributed by atoms with Crippen LogP contribution in [0.1, 0.15) is 0 Å². The first-order valence-electron chi connectivity index (χ1n) is 4.40. The largest absolute Gasteiger partial charge is 0.507 e. The van der Waals surface area contributed by atoms with Crippen LogP contribution in [0.3, 0.4) is 0 Å².